The van der Waals surface area contributed by atoms with Gasteiger partial charge in [-0.2, -0.15) is 0 Å². The molecule has 0 rings (SSSR count). The van der Waals surface area contributed by atoms with E-state index < -0.39 is 20.3 Å². The molecule has 0 aromatic rings. The predicted octanol–water partition coefficient (Wildman–Crippen LogP) is -2.61. The Hall–Kier alpha value is -1.96. The molecule has 0 aliphatic rings. The van der Waals surface area contributed by atoms with Gasteiger partial charge < -0.3 is 72.2 Å². The second-order valence-electron chi connectivity index (χ2n) is 0.894. The summed E-state index contributed by atoms with van der Waals surface area (Å²) in [7, 11) is 0. The Bertz CT molecular complexity index is 159. The summed E-state index contributed by atoms with van der Waals surface area (Å²) < 4.78 is 0. The van der Waals surface area contributed by atoms with Crippen molar-refractivity contribution in [2.45, 2.75) is 0 Å². The van der Waals surface area contributed by atoms with Crippen LogP contribution in [0.2, 0.25) is 0 Å². The molecule has 0 saturated heterocycles. The minimum Gasteiger partial charge on any atom is -0.412 e. The largest absolute Gasteiger partial charge is 4.00 e. The average molecular weight is 516 g/mol. The van der Waals surface area contributed by atoms with Gasteiger partial charge in [-0.15, -0.1) is 0 Å². The van der Waals surface area contributed by atoms with Crippen LogP contribution >= 0.6 is 0 Å². The molecule has 0 aromatic carbocycles. The molecule has 0 aromatic heterocycles. The summed E-state index contributed by atoms with van der Waals surface area (Å²) in [6.07, 6.45) is 0. The molecular formula is H4N4O14Th. The number of hydrogen-bond donors (Lipinski definition) is 0. The van der Waals surface area contributed by atoms with E-state index in [1.165, 1.54) is 0 Å². The summed E-state index contributed by atoms with van der Waals surface area (Å²) in [5, 5.41) is 59.0. The first-order chi connectivity index (χ1) is 6.93. The number of rotatable bonds is 0. The third-order valence-corrected chi connectivity index (χ3v) is 0. The van der Waals surface area contributed by atoms with Crippen LogP contribution in [0.3, 0.4) is 0 Å². The van der Waals surface area contributed by atoms with Gasteiger partial charge in [-0.25, -0.2) is 0 Å². The first-order valence-corrected chi connectivity index (χ1v) is 2.19. The number of hydrogen-bond acceptors (Lipinski definition) is 12. The Morgan fingerprint density at radius 1 is 0.421 bits per heavy atom. The van der Waals surface area contributed by atoms with E-state index in [1.807, 2.05) is 0 Å². The molecular weight excluding hydrogens is 512 g/mol. The fourth-order valence-corrected chi connectivity index (χ4v) is 0. The minimum absolute atomic E-state index is 0. The van der Waals surface area contributed by atoms with Crippen LogP contribution in [0.1, 0.15) is 0 Å². The zero-order valence-corrected chi connectivity index (χ0v) is 12.3. The van der Waals surface area contributed by atoms with Gasteiger partial charge in [0.15, 0.2) is 0 Å². The first kappa shape index (κ1) is 43.5. The summed E-state index contributed by atoms with van der Waals surface area (Å²) in [6, 6.07) is 0. The molecule has 0 spiro atoms. The van der Waals surface area contributed by atoms with E-state index in [2.05, 4.69) is 0 Å². The average Bonchev–Trinajstić information content (AvgIpc) is 1.76. The Kier molecular flexibility index (Phi) is 82.4. The molecule has 4 N–H and O–H groups in total. The molecule has 19 heavy (non-hydrogen) atoms. The van der Waals surface area contributed by atoms with Crippen LogP contribution in [0, 0.1) is 101 Å². The molecule has 0 unspecified atom stereocenters. The molecule has 0 amide bonds. The van der Waals surface area contributed by atoms with Crippen molar-refractivity contribution < 1.29 is 71.2 Å². The summed E-state index contributed by atoms with van der Waals surface area (Å²) in [6.45, 7) is 0. The van der Waals surface area contributed by atoms with Gasteiger partial charge in [0, 0.05) is 0 Å². The molecule has 0 aliphatic carbocycles. The maximum absolute atomic E-state index is 8.25. The Balaban J connectivity index is -0.0000000192. The third kappa shape index (κ3) is 828. The molecule has 0 radical (unpaired) electrons. The summed E-state index contributed by atoms with van der Waals surface area (Å²) >= 11 is 0. The summed E-state index contributed by atoms with van der Waals surface area (Å²) in [5.41, 5.74) is 0. The van der Waals surface area contributed by atoms with Gasteiger partial charge in [0.05, 0.1) is 20.3 Å². The van der Waals surface area contributed by atoms with E-state index in [0.717, 1.165) is 0 Å². The van der Waals surface area contributed by atoms with Crippen molar-refractivity contribution >= 4 is 0 Å². The summed E-state index contributed by atoms with van der Waals surface area (Å²) in [4.78, 5) is 33.0. The molecule has 0 bridgehead atoms. The van der Waals surface area contributed by atoms with Crippen molar-refractivity contribution in [3.63, 3.8) is 0 Å². The van der Waals surface area contributed by atoms with Crippen molar-refractivity contribution in [3.8, 4) is 0 Å². The van der Waals surface area contributed by atoms with Crippen molar-refractivity contribution in [1.29, 1.82) is 0 Å². The van der Waals surface area contributed by atoms with E-state index in [9.17, 15) is 0 Å². The van der Waals surface area contributed by atoms with Crippen molar-refractivity contribution in [2.24, 2.45) is 0 Å². The van der Waals surface area contributed by atoms with Crippen LogP contribution in [0.25, 0.3) is 0 Å². The van der Waals surface area contributed by atoms with Gasteiger partial charge in [-0.1, -0.05) is 0 Å². The second-order valence-corrected chi connectivity index (χ2v) is 0.894. The molecule has 0 atom stereocenters. The van der Waals surface area contributed by atoms with E-state index in [0.29, 0.717) is 0 Å². The molecule has 0 aliphatic heterocycles. The predicted molar refractivity (Wildman–Crippen MR) is 48.7 cm³/mol. The smallest absolute Gasteiger partial charge is 0.412 e. The van der Waals surface area contributed by atoms with Gasteiger partial charge in [0.2, 0.25) is 0 Å². The van der Waals surface area contributed by atoms with Gasteiger partial charge in [0.25, 0.3) is 0 Å². The Morgan fingerprint density at radius 2 is 0.421 bits per heavy atom. The Morgan fingerprint density at radius 3 is 0.421 bits per heavy atom. The van der Waals surface area contributed by atoms with Crippen molar-refractivity contribution in [3.05, 3.63) is 61.3 Å². The first-order valence-electron chi connectivity index (χ1n) is 2.19. The van der Waals surface area contributed by atoms with E-state index in [-0.39, 0.29) is 50.9 Å². The van der Waals surface area contributed by atoms with Crippen LogP contribution in [0.4, 0.5) is 0 Å². The standard InChI is InChI=1S/4NO3.2H2O.Th/c4*2-1(3)4;;;/h;;;;2*1H2;/q4*-1;;;+4. The molecule has 18 nitrogen and oxygen atoms in total. The third-order valence-electron chi connectivity index (χ3n) is 0. The van der Waals surface area contributed by atoms with Crippen molar-refractivity contribution in [2.75, 3.05) is 0 Å². The Labute approximate surface area is 132 Å². The zero-order valence-electron chi connectivity index (χ0n) is 8.19. The molecule has 112 valence electrons. The van der Waals surface area contributed by atoms with Crippen molar-refractivity contribution in [1.82, 2.24) is 0 Å². The SMILES string of the molecule is O.O.O=[N+]([O-])[O-].O=[N+]([O-])[O-].O=[N+]([O-])[O-].O=[N+]([O-])[O-].[Th+4]. The van der Waals surface area contributed by atoms with E-state index in [4.69, 9.17) is 61.3 Å². The summed E-state index contributed by atoms with van der Waals surface area (Å²) in [5.74, 6) is 0. The van der Waals surface area contributed by atoms with E-state index in [1.54, 1.807) is 0 Å². The van der Waals surface area contributed by atoms with Gasteiger partial charge >= 0.3 is 39.9 Å². The van der Waals surface area contributed by atoms with Crippen LogP contribution in [0.15, 0.2) is 0 Å². The van der Waals surface area contributed by atoms with Crippen LogP contribution in [-0.2, 0) is 0 Å². The van der Waals surface area contributed by atoms with Gasteiger partial charge in [-0.3, -0.25) is 0 Å². The van der Waals surface area contributed by atoms with E-state index >= 15 is 0 Å². The zero-order chi connectivity index (χ0) is 14.3. The van der Waals surface area contributed by atoms with Crippen LogP contribution < -0.4 is 0 Å². The fraction of sp³-hybridized carbons (Fsp3) is 0. The molecule has 19 heteroatoms. The molecule has 0 heterocycles. The quantitative estimate of drug-likeness (QED) is 0.236. The number of nitrogens with zero attached hydrogens (tertiary/aromatic N) is 4. The maximum Gasteiger partial charge on any atom is 4.00 e. The molecule has 0 saturated carbocycles. The monoisotopic (exact) mass is 516 g/mol. The van der Waals surface area contributed by atoms with Gasteiger partial charge in [0.1, 0.15) is 0 Å². The minimum atomic E-state index is -1.75. The van der Waals surface area contributed by atoms with Crippen LogP contribution in [0.5, 0.6) is 0 Å². The van der Waals surface area contributed by atoms with Crippen LogP contribution in [-0.4, -0.2) is 31.3 Å². The second kappa shape index (κ2) is 36.0. The fourth-order valence-electron chi connectivity index (χ4n) is 0. The van der Waals surface area contributed by atoms with Gasteiger partial charge in [-0.05, 0) is 0 Å². The topological polar surface area (TPSA) is 328 Å². The molecule has 0 fully saturated rings. The normalized spacial score (nSPS) is 5.05. The maximum atomic E-state index is 8.25.